The van der Waals surface area contributed by atoms with Gasteiger partial charge in [0.25, 0.3) is 0 Å². The molecule has 5 nitrogen and oxygen atoms in total. The molecule has 0 amide bonds. The molecule has 0 heterocycles. The molecule has 5 heteroatoms. The molecule has 0 saturated carbocycles. The van der Waals surface area contributed by atoms with Crippen molar-refractivity contribution in [3.8, 4) is 0 Å². The first-order valence-corrected chi connectivity index (χ1v) is 4.27. The third-order valence-corrected chi connectivity index (χ3v) is 1.59. The molecule has 76 valence electrons. The van der Waals surface area contributed by atoms with E-state index >= 15 is 0 Å². The minimum Gasteiger partial charge on any atom is -0.362 e. The van der Waals surface area contributed by atoms with E-state index in [1.54, 1.807) is 0 Å². The molecule has 0 aliphatic carbocycles. The first-order valence-electron chi connectivity index (χ1n) is 4.27. The van der Waals surface area contributed by atoms with E-state index in [0.717, 1.165) is 5.56 Å². The van der Waals surface area contributed by atoms with E-state index in [2.05, 4.69) is 10.4 Å². The highest BCUT2D eigenvalue weighted by molar-refractivity contribution is 5.14. The Labute approximate surface area is 83.1 Å². The van der Waals surface area contributed by atoms with Crippen LogP contribution in [0.4, 0.5) is 0 Å². The first-order chi connectivity index (χ1) is 6.83. The molecule has 0 radical (unpaired) electrons. The van der Waals surface area contributed by atoms with E-state index in [4.69, 9.17) is 10.7 Å². The fourth-order valence-electron chi connectivity index (χ4n) is 1.02. The van der Waals surface area contributed by atoms with Crippen LogP contribution >= 0.6 is 0 Å². The Bertz CT molecular complexity index is 275. The maximum atomic E-state index is 5.65. The lowest BCUT2D eigenvalue weighted by molar-refractivity contribution is 0.0159. The molecule has 0 aliphatic heterocycles. The highest BCUT2D eigenvalue weighted by atomic mass is 16.7. The van der Waals surface area contributed by atoms with Gasteiger partial charge in [-0.2, -0.15) is 5.11 Å². The normalized spacial score (nSPS) is 11.1. The summed E-state index contributed by atoms with van der Waals surface area (Å²) >= 11 is 0. The summed E-state index contributed by atoms with van der Waals surface area (Å²) in [7, 11) is 1.54. The highest BCUT2D eigenvalue weighted by Gasteiger charge is 1.99. The summed E-state index contributed by atoms with van der Waals surface area (Å²) in [6.07, 6.45) is 0. The van der Waals surface area contributed by atoms with Gasteiger partial charge < -0.3 is 4.84 Å². The maximum absolute atomic E-state index is 5.65. The lowest BCUT2D eigenvalue weighted by atomic mass is 10.2. The quantitative estimate of drug-likeness (QED) is 0.333. The van der Waals surface area contributed by atoms with Crippen LogP contribution in [0.25, 0.3) is 0 Å². The Morgan fingerprint density at radius 2 is 2.07 bits per heavy atom. The first kappa shape index (κ1) is 10.6. The van der Waals surface area contributed by atoms with Crippen LogP contribution in [0.2, 0.25) is 0 Å². The fourth-order valence-corrected chi connectivity index (χ4v) is 1.02. The van der Waals surface area contributed by atoms with Gasteiger partial charge in [0.2, 0.25) is 0 Å². The largest absolute Gasteiger partial charge is 0.362 e. The number of hydrazine groups is 1. The summed E-state index contributed by atoms with van der Waals surface area (Å²) in [5.74, 6) is 5.65. The number of benzene rings is 1. The van der Waals surface area contributed by atoms with Crippen molar-refractivity contribution in [2.75, 3.05) is 13.8 Å². The molecule has 0 aliphatic rings. The van der Waals surface area contributed by atoms with Crippen LogP contribution in [0, 0.1) is 0 Å². The van der Waals surface area contributed by atoms with Crippen molar-refractivity contribution in [2.24, 2.45) is 16.2 Å². The number of nitrogens with two attached hydrogens (primary N) is 1. The third-order valence-electron chi connectivity index (χ3n) is 1.59. The van der Waals surface area contributed by atoms with Crippen molar-refractivity contribution in [3.05, 3.63) is 35.9 Å². The molecule has 2 N–H and O–H groups in total. The SMILES string of the molecule is CN=NOCN(N)Cc1ccccc1. The average Bonchev–Trinajstić information content (AvgIpc) is 2.20. The van der Waals surface area contributed by atoms with Gasteiger partial charge in [0.1, 0.15) is 0 Å². The second kappa shape index (κ2) is 6.06. The summed E-state index contributed by atoms with van der Waals surface area (Å²) in [6, 6.07) is 9.90. The number of hydrogen-bond acceptors (Lipinski definition) is 5. The van der Waals surface area contributed by atoms with Crippen LogP contribution in [0.5, 0.6) is 0 Å². The number of rotatable bonds is 5. The molecule has 14 heavy (non-hydrogen) atoms. The Kier molecular flexibility index (Phi) is 4.60. The van der Waals surface area contributed by atoms with Crippen LogP contribution in [0.15, 0.2) is 40.7 Å². The lowest BCUT2D eigenvalue weighted by Crippen LogP contribution is -2.31. The van der Waals surface area contributed by atoms with Gasteiger partial charge in [-0.25, -0.2) is 5.01 Å². The smallest absolute Gasteiger partial charge is 0.185 e. The molecule has 0 saturated heterocycles. The second-order valence-corrected chi connectivity index (χ2v) is 2.77. The Balaban J connectivity index is 2.30. The van der Waals surface area contributed by atoms with E-state index in [1.807, 2.05) is 30.3 Å². The van der Waals surface area contributed by atoms with Crippen molar-refractivity contribution in [2.45, 2.75) is 6.54 Å². The van der Waals surface area contributed by atoms with Crippen molar-refractivity contribution >= 4 is 0 Å². The van der Waals surface area contributed by atoms with Crippen molar-refractivity contribution in [3.63, 3.8) is 0 Å². The molecule has 0 atom stereocenters. The van der Waals surface area contributed by atoms with E-state index in [-0.39, 0.29) is 6.73 Å². The summed E-state index contributed by atoms with van der Waals surface area (Å²) in [5, 5.41) is 8.31. The van der Waals surface area contributed by atoms with Crippen LogP contribution in [-0.2, 0) is 11.4 Å². The third kappa shape index (κ3) is 3.97. The van der Waals surface area contributed by atoms with Crippen molar-refractivity contribution in [1.29, 1.82) is 0 Å². The second-order valence-electron chi connectivity index (χ2n) is 2.77. The van der Waals surface area contributed by atoms with E-state index in [1.165, 1.54) is 12.1 Å². The van der Waals surface area contributed by atoms with Crippen molar-refractivity contribution in [1.82, 2.24) is 5.01 Å². The molecule has 0 spiro atoms. The summed E-state index contributed by atoms with van der Waals surface area (Å²) in [6.45, 7) is 0.853. The van der Waals surface area contributed by atoms with Gasteiger partial charge in [-0.3, -0.25) is 5.84 Å². The standard InChI is InChI=1S/C9H14N4O/c1-11-12-14-8-13(10)7-9-5-3-2-4-6-9/h2-6H,7-8,10H2,1H3. The lowest BCUT2D eigenvalue weighted by Gasteiger charge is -2.13. The van der Waals surface area contributed by atoms with Crippen LogP contribution in [0.1, 0.15) is 5.56 Å². The fraction of sp³-hybridized carbons (Fsp3) is 0.333. The molecule has 0 bridgehead atoms. The van der Waals surface area contributed by atoms with Gasteiger partial charge in [0.05, 0.1) is 7.05 Å². The topological polar surface area (TPSA) is 63.2 Å². The predicted molar refractivity (Wildman–Crippen MR) is 52.9 cm³/mol. The molecular weight excluding hydrogens is 180 g/mol. The highest BCUT2D eigenvalue weighted by Crippen LogP contribution is 2.00. The average molecular weight is 194 g/mol. The predicted octanol–water partition coefficient (Wildman–Crippen LogP) is 1.33. The zero-order chi connectivity index (χ0) is 10.2. The molecule has 0 aromatic heterocycles. The van der Waals surface area contributed by atoms with Gasteiger partial charge in [0.15, 0.2) is 6.73 Å². The zero-order valence-electron chi connectivity index (χ0n) is 8.13. The minimum absolute atomic E-state index is 0.228. The molecule has 0 unspecified atom stereocenters. The van der Waals surface area contributed by atoms with Crippen LogP contribution in [-0.4, -0.2) is 18.8 Å². The minimum atomic E-state index is 0.228. The number of hydrogen-bond donors (Lipinski definition) is 1. The van der Waals surface area contributed by atoms with E-state index < -0.39 is 0 Å². The van der Waals surface area contributed by atoms with Gasteiger partial charge in [0, 0.05) is 11.8 Å². The van der Waals surface area contributed by atoms with Gasteiger partial charge in [-0.05, 0) is 5.56 Å². The molecule has 0 fully saturated rings. The Morgan fingerprint density at radius 1 is 1.36 bits per heavy atom. The molecule has 1 rings (SSSR count). The molecule has 1 aromatic carbocycles. The monoisotopic (exact) mass is 194 g/mol. The number of nitrogens with zero attached hydrogens (tertiary/aromatic N) is 3. The van der Waals surface area contributed by atoms with Gasteiger partial charge >= 0.3 is 0 Å². The van der Waals surface area contributed by atoms with Crippen molar-refractivity contribution < 1.29 is 4.84 Å². The van der Waals surface area contributed by atoms with E-state index in [0.29, 0.717) is 6.54 Å². The Hall–Kier alpha value is -1.46. The summed E-state index contributed by atoms with van der Waals surface area (Å²) < 4.78 is 0. The van der Waals surface area contributed by atoms with Crippen LogP contribution in [0.3, 0.4) is 0 Å². The summed E-state index contributed by atoms with van der Waals surface area (Å²) in [4.78, 5) is 4.78. The summed E-state index contributed by atoms with van der Waals surface area (Å²) in [5.41, 5.74) is 1.13. The van der Waals surface area contributed by atoms with E-state index in [9.17, 15) is 0 Å². The molecule has 1 aromatic rings. The zero-order valence-corrected chi connectivity index (χ0v) is 8.13. The van der Waals surface area contributed by atoms with Gasteiger partial charge in [-0.1, -0.05) is 30.3 Å². The Morgan fingerprint density at radius 3 is 2.71 bits per heavy atom. The molecular formula is C9H14N4O. The maximum Gasteiger partial charge on any atom is 0.185 e. The van der Waals surface area contributed by atoms with Crippen LogP contribution < -0.4 is 5.84 Å². The van der Waals surface area contributed by atoms with Gasteiger partial charge in [-0.15, -0.1) is 0 Å².